The first-order valence-electron chi connectivity index (χ1n) is 8.21. The summed E-state index contributed by atoms with van der Waals surface area (Å²) in [5.41, 5.74) is 1.82. The number of esters is 1. The fourth-order valence-corrected chi connectivity index (χ4v) is 2.62. The molecule has 2 aromatic rings. The quantitative estimate of drug-likeness (QED) is 0.811. The van der Waals surface area contributed by atoms with Crippen molar-refractivity contribution in [3.05, 3.63) is 64.7 Å². The van der Waals surface area contributed by atoms with Crippen LogP contribution in [-0.4, -0.2) is 23.8 Å². The zero-order chi connectivity index (χ0) is 18.9. The first kappa shape index (κ1) is 18.1. The van der Waals surface area contributed by atoms with E-state index in [2.05, 4.69) is 10.3 Å². The van der Waals surface area contributed by atoms with Crippen LogP contribution in [0.5, 0.6) is 0 Å². The van der Waals surface area contributed by atoms with Crippen LogP contribution in [0.1, 0.15) is 31.9 Å². The molecule has 0 saturated heterocycles. The van der Waals surface area contributed by atoms with Crippen LogP contribution in [0.4, 0.5) is 5.69 Å². The van der Waals surface area contributed by atoms with Gasteiger partial charge in [-0.25, -0.2) is 4.99 Å². The van der Waals surface area contributed by atoms with E-state index in [-0.39, 0.29) is 0 Å². The molecule has 0 radical (unpaired) electrons. The molecule has 0 saturated carbocycles. The minimum absolute atomic E-state index is 0.502. The lowest BCUT2D eigenvalue weighted by Crippen LogP contribution is -2.34. The van der Waals surface area contributed by atoms with Gasteiger partial charge >= 0.3 is 5.97 Å². The number of anilines is 1. The summed E-state index contributed by atoms with van der Waals surface area (Å²) in [7, 11) is 0. The first-order chi connectivity index (χ1) is 12.3. The van der Waals surface area contributed by atoms with Gasteiger partial charge in [-0.2, -0.15) is 0 Å². The number of ether oxygens (including phenoxy) is 1. The van der Waals surface area contributed by atoms with Crippen molar-refractivity contribution >= 4 is 34.9 Å². The number of carbonyl (C=O) groups excluding carboxylic acids is 2. The second-order valence-corrected chi connectivity index (χ2v) is 7.47. The van der Waals surface area contributed by atoms with Gasteiger partial charge in [0.2, 0.25) is 0 Å². The minimum atomic E-state index is -1.27. The lowest BCUT2D eigenvalue weighted by atomic mass is 9.97. The molecule has 1 N–H and O–H groups in total. The average Bonchev–Trinajstić information content (AvgIpc) is 2.72. The molecule has 1 heterocycles. The summed E-state index contributed by atoms with van der Waals surface area (Å²) in [6.07, 6.45) is -1.27. The van der Waals surface area contributed by atoms with Crippen LogP contribution in [0.2, 0.25) is 5.02 Å². The number of fused-ring (bicyclic) bond motifs is 1. The highest BCUT2D eigenvalue weighted by Crippen LogP contribution is 2.28. The number of carbonyl (C=O) groups is 2. The number of benzodiazepines with no additional fused rings is 1. The van der Waals surface area contributed by atoms with E-state index in [1.165, 1.54) is 0 Å². The van der Waals surface area contributed by atoms with Crippen LogP contribution >= 0.6 is 11.6 Å². The van der Waals surface area contributed by atoms with Crippen LogP contribution in [0.3, 0.4) is 0 Å². The highest BCUT2D eigenvalue weighted by molar-refractivity contribution is 6.32. The Morgan fingerprint density at radius 2 is 1.85 bits per heavy atom. The molecule has 1 atom stereocenters. The number of amides is 1. The van der Waals surface area contributed by atoms with Gasteiger partial charge in [0.1, 0.15) is 0 Å². The molecule has 0 bridgehead atoms. The Bertz CT molecular complexity index is 886. The molecule has 3 rings (SSSR count). The van der Waals surface area contributed by atoms with Crippen molar-refractivity contribution in [2.75, 3.05) is 5.32 Å². The van der Waals surface area contributed by atoms with Gasteiger partial charge in [-0.3, -0.25) is 9.59 Å². The number of rotatable bonds is 2. The molecule has 0 fully saturated rings. The van der Waals surface area contributed by atoms with Crippen molar-refractivity contribution in [2.45, 2.75) is 27.0 Å². The van der Waals surface area contributed by atoms with Gasteiger partial charge in [0.15, 0.2) is 0 Å². The Kier molecular flexibility index (Phi) is 4.83. The molecular formula is C20H19ClN2O3. The van der Waals surface area contributed by atoms with Crippen molar-refractivity contribution in [3.8, 4) is 0 Å². The largest absolute Gasteiger partial charge is 0.430 e. The van der Waals surface area contributed by atoms with E-state index in [0.717, 1.165) is 5.56 Å². The molecule has 1 aliphatic rings. The summed E-state index contributed by atoms with van der Waals surface area (Å²) in [5.74, 6) is -1.00. The van der Waals surface area contributed by atoms with E-state index in [0.29, 0.717) is 22.0 Å². The van der Waals surface area contributed by atoms with Gasteiger partial charge in [0.05, 0.1) is 16.8 Å². The molecule has 1 amide bonds. The Labute approximate surface area is 157 Å². The van der Waals surface area contributed by atoms with Gasteiger partial charge in [-0.05, 0) is 39.0 Å². The highest BCUT2D eigenvalue weighted by Gasteiger charge is 2.32. The van der Waals surface area contributed by atoms with Crippen LogP contribution in [0, 0.1) is 5.41 Å². The van der Waals surface area contributed by atoms with Gasteiger partial charge < -0.3 is 10.1 Å². The summed E-state index contributed by atoms with van der Waals surface area (Å²) in [6, 6.07) is 14.5. The summed E-state index contributed by atoms with van der Waals surface area (Å²) >= 11 is 6.15. The third-order valence-corrected chi connectivity index (χ3v) is 4.08. The molecule has 0 spiro atoms. The highest BCUT2D eigenvalue weighted by atomic mass is 35.5. The maximum Gasteiger partial charge on any atom is 0.313 e. The predicted octanol–water partition coefficient (Wildman–Crippen LogP) is 4.04. The van der Waals surface area contributed by atoms with E-state index >= 15 is 0 Å². The number of nitrogens with one attached hydrogen (secondary N) is 1. The summed E-state index contributed by atoms with van der Waals surface area (Å²) < 4.78 is 5.39. The number of hydrogen-bond donors (Lipinski definition) is 1. The van der Waals surface area contributed by atoms with Crippen molar-refractivity contribution < 1.29 is 14.3 Å². The minimum Gasteiger partial charge on any atom is -0.430 e. The lowest BCUT2D eigenvalue weighted by Gasteiger charge is -2.19. The third kappa shape index (κ3) is 3.78. The maximum absolute atomic E-state index is 12.6. The molecule has 5 nitrogen and oxygen atoms in total. The maximum atomic E-state index is 12.6. The Balaban J connectivity index is 2.11. The number of nitrogens with zero attached hydrogens (tertiary/aromatic N) is 1. The molecule has 134 valence electrons. The predicted molar refractivity (Wildman–Crippen MR) is 101 cm³/mol. The van der Waals surface area contributed by atoms with Crippen molar-refractivity contribution in [2.24, 2.45) is 10.4 Å². The molecule has 1 aliphatic heterocycles. The molecule has 0 unspecified atom stereocenters. The van der Waals surface area contributed by atoms with Gasteiger partial charge in [0, 0.05) is 16.1 Å². The lowest BCUT2D eigenvalue weighted by molar-refractivity contribution is -0.161. The van der Waals surface area contributed by atoms with Gasteiger partial charge in [-0.15, -0.1) is 0 Å². The summed E-state index contributed by atoms with van der Waals surface area (Å²) in [5, 5.41) is 3.29. The average molecular weight is 371 g/mol. The van der Waals surface area contributed by atoms with Crippen LogP contribution in [0.15, 0.2) is 53.5 Å². The SMILES string of the molecule is CC(C)(C)C(=O)O[C@@H]1N=C(c2ccccc2)c2cc(Cl)ccc2NC1=O. The fourth-order valence-electron chi connectivity index (χ4n) is 2.45. The molecular weight excluding hydrogens is 352 g/mol. The Morgan fingerprint density at radius 1 is 1.15 bits per heavy atom. The number of aliphatic imine (C=N–C) groups is 1. The monoisotopic (exact) mass is 370 g/mol. The third-order valence-electron chi connectivity index (χ3n) is 3.84. The number of hydrogen-bond acceptors (Lipinski definition) is 4. The molecule has 0 aromatic heterocycles. The fraction of sp³-hybridized carbons (Fsp3) is 0.250. The van der Waals surface area contributed by atoms with E-state index < -0.39 is 23.5 Å². The van der Waals surface area contributed by atoms with E-state index in [1.807, 2.05) is 30.3 Å². The van der Waals surface area contributed by atoms with Gasteiger partial charge in [-0.1, -0.05) is 41.9 Å². The molecule has 6 heteroatoms. The zero-order valence-corrected chi connectivity index (χ0v) is 15.5. The second-order valence-electron chi connectivity index (χ2n) is 7.03. The first-order valence-corrected chi connectivity index (χ1v) is 8.58. The van der Waals surface area contributed by atoms with Crippen molar-refractivity contribution in [1.82, 2.24) is 0 Å². The van der Waals surface area contributed by atoms with Crippen molar-refractivity contribution in [3.63, 3.8) is 0 Å². The summed E-state index contributed by atoms with van der Waals surface area (Å²) in [6.45, 7) is 5.17. The van der Waals surface area contributed by atoms with E-state index in [1.54, 1.807) is 39.0 Å². The topological polar surface area (TPSA) is 67.8 Å². The standard InChI is InChI=1S/C20H19ClN2O3/c1-20(2,3)19(25)26-18-17(24)22-15-10-9-13(21)11-14(15)16(23-18)12-7-5-4-6-8-12/h4-11,18H,1-3H3,(H,22,24)/t18-/m0/s1. The van der Waals surface area contributed by atoms with Crippen molar-refractivity contribution in [1.29, 1.82) is 0 Å². The molecule has 2 aromatic carbocycles. The zero-order valence-electron chi connectivity index (χ0n) is 14.7. The van der Waals surface area contributed by atoms with E-state index in [9.17, 15) is 9.59 Å². The second kappa shape index (κ2) is 6.92. The van der Waals surface area contributed by atoms with Crippen LogP contribution in [-0.2, 0) is 14.3 Å². The van der Waals surface area contributed by atoms with Crippen LogP contribution in [0.25, 0.3) is 0 Å². The normalized spacial score (nSPS) is 16.8. The van der Waals surface area contributed by atoms with Crippen LogP contribution < -0.4 is 5.32 Å². The molecule has 26 heavy (non-hydrogen) atoms. The summed E-state index contributed by atoms with van der Waals surface area (Å²) in [4.78, 5) is 29.3. The molecule has 0 aliphatic carbocycles. The van der Waals surface area contributed by atoms with E-state index in [4.69, 9.17) is 16.3 Å². The Hall–Kier alpha value is -2.66. The van der Waals surface area contributed by atoms with Gasteiger partial charge in [0.25, 0.3) is 12.1 Å². The number of halogens is 1. The Morgan fingerprint density at radius 3 is 2.50 bits per heavy atom. The number of benzene rings is 2. The smallest absolute Gasteiger partial charge is 0.313 e.